The summed E-state index contributed by atoms with van der Waals surface area (Å²) in [5.41, 5.74) is 6.67. The molecule has 2 N–H and O–H groups in total. The minimum absolute atomic E-state index is 0.598. The molecular formula is C11H11NS. The predicted octanol–water partition coefficient (Wildman–Crippen LogP) is 2.87. The average molecular weight is 189 g/mol. The summed E-state index contributed by atoms with van der Waals surface area (Å²) in [6, 6.07) is 8.48. The third-order valence-electron chi connectivity index (χ3n) is 1.96. The van der Waals surface area contributed by atoms with Gasteiger partial charge in [0, 0.05) is 11.2 Å². The van der Waals surface area contributed by atoms with Crippen molar-refractivity contribution in [1.29, 1.82) is 0 Å². The molecule has 0 aliphatic carbocycles. The van der Waals surface area contributed by atoms with Gasteiger partial charge < -0.3 is 5.73 Å². The zero-order valence-electron chi connectivity index (χ0n) is 7.23. The first-order valence-corrected chi connectivity index (χ1v) is 5.12. The van der Waals surface area contributed by atoms with Gasteiger partial charge >= 0.3 is 0 Å². The largest absolute Gasteiger partial charge is 0.327 e. The Labute approximate surface area is 81.5 Å². The second kappa shape index (κ2) is 3.73. The summed E-state index contributed by atoms with van der Waals surface area (Å²) in [5.74, 6) is 0. The van der Waals surface area contributed by atoms with E-state index in [0.717, 1.165) is 0 Å². The molecule has 0 aliphatic rings. The molecule has 0 saturated carbocycles. The fourth-order valence-corrected chi connectivity index (χ4v) is 2.18. The highest BCUT2D eigenvalue weighted by Gasteiger charge is 1.97. The quantitative estimate of drug-likeness (QED) is 0.772. The Hall–Kier alpha value is -1.12. The fraction of sp³-hybridized carbons (Fsp3) is 0.0909. The first-order valence-electron chi connectivity index (χ1n) is 4.24. The highest BCUT2D eigenvalue weighted by molar-refractivity contribution is 7.17. The van der Waals surface area contributed by atoms with Crippen molar-refractivity contribution in [3.05, 3.63) is 41.3 Å². The SMILES string of the molecule is NCC=Cc1cccc2sccc12. The lowest BCUT2D eigenvalue weighted by atomic mass is 10.1. The van der Waals surface area contributed by atoms with Crippen LogP contribution in [0.25, 0.3) is 16.2 Å². The summed E-state index contributed by atoms with van der Waals surface area (Å²) >= 11 is 1.77. The Kier molecular flexibility index (Phi) is 2.43. The number of benzene rings is 1. The molecule has 66 valence electrons. The third kappa shape index (κ3) is 1.64. The lowest BCUT2D eigenvalue weighted by molar-refractivity contribution is 1.26. The van der Waals surface area contributed by atoms with E-state index in [4.69, 9.17) is 5.73 Å². The molecular weight excluding hydrogens is 178 g/mol. The Morgan fingerprint density at radius 2 is 2.23 bits per heavy atom. The van der Waals surface area contributed by atoms with Crippen LogP contribution in [0, 0.1) is 0 Å². The smallest absolute Gasteiger partial charge is 0.0348 e. The van der Waals surface area contributed by atoms with Crippen LogP contribution in [0.2, 0.25) is 0 Å². The zero-order valence-corrected chi connectivity index (χ0v) is 8.05. The molecule has 1 aromatic heterocycles. The van der Waals surface area contributed by atoms with Crippen molar-refractivity contribution in [3.63, 3.8) is 0 Å². The van der Waals surface area contributed by atoms with Gasteiger partial charge in [-0.25, -0.2) is 0 Å². The number of hydrogen-bond donors (Lipinski definition) is 1. The maximum absolute atomic E-state index is 5.41. The van der Waals surface area contributed by atoms with Gasteiger partial charge in [-0.1, -0.05) is 24.3 Å². The molecule has 0 atom stereocenters. The summed E-state index contributed by atoms with van der Waals surface area (Å²) in [4.78, 5) is 0. The lowest BCUT2D eigenvalue weighted by Crippen LogP contribution is -1.91. The molecule has 0 saturated heterocycles. The maximum atomic E-state index is 5.41. The highest BCUT2D eigenvalue weighted by Crippen LogP contribution is 2.24. The molecule has 2 rings (SSSR count). The molecule has 2 heteroatoms. The lowest BCUT2D eigenvalue weighted by Gasteiger charge is -1.95. The molecule has 0 unspecified atom stereocenters. The van der Waals surface area contributed by atoms with Crippen LogP contribution in [0.3, 0.4) is 0 Å². The van der Waals surface area contributed by atoms with Crippen molar-refractivity contribution >= 4 is 27.5 Å². The molecule has 0 spiro atoms. The Bertz CT molecular complexity index is 428. The summed E-state index contributed by atoms with van der Waals surface area (Å²) < 4.78 is 1.33. The van der Waals surface area contributed by atoms with Crippen LogP contribution in [0.1, 0.15) is 5.56 Å². The van der Waals surface area contributed by atoms with Gasteiger partial charge in [-0.05, 0) is 28.5 Å². The van der Waals surface area contributed by atoms with Crippen molar-refractivity contribution in [3.8, 4) is 0 Å². The predicted molar refractivity (Wildman–Crippen MR) is 59.9 cm³/mol. The summed E-state index contributed by atoms with van der Waals surface area (Å²) in [6.45, 7) is 0.598. The van der Waals surface area contributed by atoms with E-state index < -0.39 is 0 Å². The van der Waals surface area contributed by atoms with E-state index in [0.29, 0.717) is 6.54 Å². The molecule has 0 aliphatic heterocycles. The zero-order chi connectivity index (χ0) is 9.10. The first-order chi connectivity index (χ1) is 6.42. The molecule has 0 radical (unpaired) electrons. The Morgan fingerprint density at radius 3 is 3.08 bits per heavy atom. The monoisotopic (exact) mass is 189 g/mol. The van der Waals surface area contributed by atoms with Crippen molar-refractivity contribution in [1.82, 2.24) is 0 Å². The fourth-order valence-electron chi connectivity index (χ4n) is 1.36. The van der Waals surface area contributed by atoms with Crippen LogP contribution in [0.5, 0.6) is 0 Å². The second-order valence-electron chi connectivity index (χ2n) is 2.82. The van der Waals surface area contributed by atoms with Crippen molar-refractivity contribution < 1.29 is 0 Å². The molecule has 0 fully saturated rings. The molecule has 0 amide bonds. The van der Waals surface area contributed by atoms with Gasteiger partial charge in [0.15, 0.2) is 0 Å². The third-order valence-corrected chi connectivity index (χ3v) is 2.85. The van der Waals surface area contributed by atoms with Gasteiger partial charge in [0.2, 0.25) is 0 Å². The molecule has 0 bridgehead atoms. The standard InChI is InChI=1S/C11H11NS/c12-7-2-4-9-3-1-5-11-10(9)6-8-13-11/h1-6,8H,7,12H2. The van der Waals surface area contributed by atoms with Crippen molar-refractivity contribution in [2.75, 3.05) is 6.54 Å². The summed E-state index contributed by atoms with van der Waals surface area (Å²) in [5, 5.41) is 3.43. The van der Waals surface area contributed by atoms with E-state index in [2.05, 4.69) is 35.7 Å². The van der Waals surface area contributed by atoms with Gasteiger partial charge in [0.1, 0.15) is 0 Å². The maximum Gasteiger partial charge on any atom is 0.0348 e. The van der Waals surface area contributed by atoms with E-state index in [9.17, 15) is 0 Å². The number of thiophene rings is 1. The first kappa shape index (κ1) is 8.48. The Morgan fingerprint density at radius 1 is 1.31 bits per heavy atom. The Balaban J connectivity index is 2.54. The average Bonchev–Trinajstić information content (AvgIpc) is 2.62. The number of nitrogens with two attached hydrogens (primary N) is 1. The summed E-state index contributed by atoms with van der Waals surface area (Å²) in [6.07, 6.45) is 4.06. The number of rotatable bonds is 2. The molecule has 1 nitrogen and oxygen atoms in total. The van der Waals surface area contributed by atoms with E-state index in [1.165, 1.54) is 15.6 Å². The normalized spacial score (nSPS) is 11.5. The van der Waals surface area contributed by atoms with Gasteiger partial charge in [-0.15, -0.1) is 11.3 Å². The molecule has 13 heavy (non-hydrogen) atoms. The van der Waals surface area contributed by atoms with E-state index in [-0.39, 0.29) is 0 Å². The van der Waals surface area contributed by atoms with Crippen LogP contribution in [0.4, 0.5) is 0 Å². The number of hydrogen-bond acceptors (Lipinski definition) is 2. The highest BCUT2D eigenvalue weighted by atomic mass is 32.1. The number of fused-ring (bicyclic) bond motifs is 1. The van der Waals surface area contributed by atoms with Gasteiger partial charge in [-0.2, -0.15) is 0 Å². The van der Waals surface area contributed by atoms with E-state index in [1.54, 1.807) is 11.3 Å². The summed E-state index contributed by atoms with van der Waals surface area (Å²) in [7, 11) is 0. The molecule has 1 aromatic carbocycles. The van der Waals surface area contributed by atoms with Crippen LogP contribution in [-0.2, 0) is 0 Å². The van der Waals surface area contributed by atoms with E-state index >= 15 is 0 Å². The van der Waals surface area contributed by atoms with Gasteiger partial charge in [0.25, 0.3) is 0 Å². The molecule has 1 heterocycles. The topological polar surface area (TPSA) is 26.0 Å². The van der Waals surface area contributed by atoms with Crippen LogP contribution in [-0.4, -0.2) is 6.54 Å². The van der Waals surface area contributed by atoms with Crippen LogP contribution >= 0.6 is 11.3 Å². The van der Waals surface area contributed by atoms with Crippen LogP contribution in [0.15, 0.2) is 35.7 Å². The minimum atomic E-state index is 0.598. The second-order valence-corrected chi connectivity index (χ2v) is 3.77. The minimum Gasteiger partial charge on any atom is -0.327 e. The van der Waals surface area contributed by atoms with E-state index in [1.807, 2.05) is 6.08 Å². The van der Waals surface area contributed by atoms with Gasteiger partial charge in [0.05, 0.1) is 0 Å². The van der Waals surface area contributed by atoms with Gasteiger partial charge in [-0.3, -0.25) is 0 Å². The van der Waals surface area contributed by atoms with Crippen molar-refractivity contribution in [2.24, 2.45) is 5.73 Å². The molecule has 2 aromatic rings. The van der Waals surface area contributed by atoms with Crippen molar-refractivity contribution in [2.45, 2.75) is 0 Å². The van der Waals surface area contributed by atoms with Crippen LogP contribution < -0.4 is 5.73 Å².